The van der Waals surface area contributed by atoms with Gasteiger partial charge in [-0.25, -0.2) is 4.79 Å². The molecule has 108 valence electrons. The van der Waals surface area contributed by atoms with Crippen molar-refractivity contribution in [3.63, 3.8) is 0 Å². The first-order valence-electron chi connectivity index (χ1n) is 6.64. The van der Waals surface area contributed by atoms with E-state index in [1.165, 1.54) is 0 Å². The summed E-state index contributed by atoms with van der Waals surface area (Å²) >= 11 is 0. The third-order valence-electron chi connectivity index (χ3n) is 3.00. The molecule has 1 amide bonds. The molecule has 20 heavy (non-hydrogen) atoms. The number of rotatable bonds is 8. The van der Waals surface area contributed by atoms with Crippen molar-refractivity contribution in [2.24, 2.45) is 0 Å². The van der Waals surface area contributed by atoms with Gasteiger partial charge in [-0.15, -0.1) is 0 Å². The van der Waals surface area contributed by atoms with Crippen molar-refractivity contribution >= 4 is 18.0 Å². The largest absolute Gasteiger partial charge is 0.480 e. The highest BCUT2D eigenvalue weighted by Crippen LogP contribution is 2.07. The Bertz CT molecular complexity index is 469. The van der Waals surface area contributed by atoms with Crippen molar-refractivity contribution in [1.82, 2.24) is 5.32 Å². The van der Waals surface area contributed by atoms with Crippen LogP contribution in [0, 0.1) is 0 Å². The first-order chi connectivity index (χ1) is 9.58. The maximum atomic E-state index is 12.0. The molecule has 5 nitrogen and oxygen atoms in total. The van der Waals surface area contributed by atoms with Crippen molar-refractivity contribution < 1.29 is 20.4 Å². The van der Waals surface area contributed by atoms with E-state index in [1.54, 1.807) is 30.3 Å². The molecular formula is C15H21N2O3+. The first kappa shape index (κ1) is 15.9. The van der Waals surface area contributed by atoms with Crippen LogP contribution in [0.25, 0.3) is 6.08 Å². The molecule has 5 N–H and O–H groups in total. The van der Waals surface area contributed by atoms with Gasteiger partial charge in [-0.1, -0.05) is 24.8 Å². The molecule has 0 bridgehead atoms. The summed E-state index contributed by atoms with van der Waals surface area (Å²) in [5.41, 5.74) is 5.06. The third kappa shape index (κ3) is 4.85. The van der Waals surface area contributed by atoms with Crippen molar-refractivity contribution in [1.29, 1.82) is 0 Å². The lowest BCUT2D eigenvalue weighted by Crippen LogP contribution is -2.50. The minimum atomic E-state index is -1.01. The van der Waals surface area contributed by atoms with Gasteiger partial charge in [0.25, 0.3) is 5.91 Å². The van der Waals surface area contributed by atoms with Gasteiger partial charge in [-0.3, -0.25) is 4.79 Å². The quantitative estimate of drug-likeness (QED) is 0.617. The minimum Gasteiger partial charge on any atom is -0.480 e. The normalized spacial score (nSPS) is 11.7. The Morgan fingerprint density at radius 3 is 2.45 bits per heavy atom. The number of unbranched alkanes of at least 4 members (excludes halogenated alkanes) is 1. The van der Waals surface area contributed by atoms with Gasteiger partial charge in [0, 0.05) is 5.56 Å². The van der Waals surface area contributed by atoms with Gasteiger partial charge >= 0.3 is 5.97 Å². The molecule has 0 aliphatic rings. The van der Waals surface area contributed by atoms with Crippen molar-refractivity contribution in [2.45, 2.75) is 25.3 Å². The fourth-order valence-corrected chi connectivity index (χ4v) is 1.79. The summed E-state index contributed by atoms with van der Waals surface area (Å²) in [5.74, 6) is -1.38. The number of carbonyl (C=O) groups excluding carboxylic acids is 1. The Hall–Kier alpha value is -2.14. The Balaban J connectivity index is 2.64. The zero-order valence-corrected chi connectivity index (χ0v) is 11.5. The summed E-state index contributed by atoms with van der Waals surface area (Å²) in [6.45, 7) is 4.40. The summed E-state index contributed by atoms with van der Waals surface area (Å²) in [5, 5.41) is 11.7. The van der Waals surface area contributed by atoms with E-state index in [1.807, 2.05) is 0 Å². The molecule has 0 radical (unpaired) electrons. The van der Waals surface area contributed by atoms with Gasteiger partial charge < -0.3 is 16.2 Å². The number of benzene rings is 1. The van der Waals surface area contributed by atoms with Crippen LogP contribution in [0.1, 0.15) is 35.2 Å². The number of amides is 1. The highest BCUT2D eigenvalue weighted by atomic mass is 16.4. The average molecular weight is 277 g/mol. The van der Waals surface area contributed by atoms with Gasteiger partial charge in [0.05, 0.1) is 6.54 Å². The number of quaternary nitrogens is 1. The highest BCUT2D eigenvalue weighted by molar-refractivity contribution is 5.96. The van der Waals surface area contributed by atoms with Crippen LogP contribution in [-0.4, -0.2) is 29.6 Å². The molecule has 0 aliphatic carbocycles. The fraction of sp³-hybridized carbons (Fsp3) is 0.333. The van der Waals surface area contributed by atoms with Crippen LogP contribution < -0.4 is 11.1 Å². The second-order valence-corrected chi connectivity index (χ2v) is 4.54. The van der Waals surface area contributed by atoms with Gasteiger partial charge in [0.1, 0.15) is 6.04 Å². The zero-order chi connectivity index (χ0) is 15.0. The highest BCUT2D eigenvalue weighted by Gasteiger charge is 2.20. The molecule has 0 saturated heterocycles. The summed E-state index contributed by atoms with van der Waals surface area (Å²) in [6, 6.07) is 5.98. The number of carboxylic acid groups (broad SMARTS) is 1. The molecule has 1 atom stereocenters. The van der Waals surface area contributed by atoms with Crippen molar-refractivity contribution in [3.8, 4) is 0 Å². The summed E-state index contributed by atoms with van der Waals surface area (Å²) in [7, 11) is 0. The topological polar surface area (TPSA) is 94.0 Å². The smallest absolute Gasteiger partial charge is 0.326 e. The van der Waals surface area contributed by atoms with Gasteiger partial charge in [0.2, 0.25) is 0 Å². The van der Waals surface area contributed by atoms with E-state index in [0.29, 0.717) is 12.0 Å². The lowest BCUT2D eigenvalue weighted by Gasteiger charge is -2.14. The molecule has 1 unspecified atom stereocenters. The van der Waals surface area contributed by atoms with E-state index in [0.717, 1.165) is 24.9 Å². The monoisotopic (exact) mass is 277 g/mol. The molecule has 0 aromatic heterocycles. The van der Waals surface area contributed by atoms with E-state index in [9.17, 15) is 9.59 Å². The molecular weight excluding hydrogens is 256 g/mol. The maximum Gasteiger partial charge on any atom is 0.326 e. The second kappa shape index (κ2) is 8.12. The predicted octanol–water partition coefficient (Wildman–Crippen LogP) is 0.925. The van der Waals surface area contributed by atoms with Crippen molar-refractivity contribution in [3.05, 3.63) is 42.0 Å². The number of carboxylic acids is 1. The van der Waals surface area contributed by atoms with E-state index in [4.69, 9.17) is 5.11 Å². The molecule has 1 rings (SSSR count). The molecule has 5 heteroatoms. The standard InChI is InChI=1S/C15H20N2O3/c1-2-11-6-8-12(9-7-11)14(18)17-13(15(19)20)5-3-4-10-16/h2,6-9,13H,1,3-5,10,16H2,(H,17,18)(H,19,20)/p+1. The van der Waals surface area contributed by atoms with Crippen LogP contribution in [0.2, 0.25) is 0 Å². The summed E-state index contributed by atoms with van der Waals surface area (Å²) in [6.07, 6.45) is 3.69. The Kier molecular flexibility index (Phi) is 6.46. The Morgan fingerprint density at radius 2 is 1.95 bits per heavy atom. The first-order valence-corrected chi connectivity index (χ1v) is 6.64. The summed E-state index contributed by atoms with van der Waals surface area (Å²) in [4.78, 5) is 23.1. The summed E-state index contributed by atoms with van der Waals surface area (Å²) < 4.78 is 0. The van der Waals surface area contributed by atoms with Crippen LogP contribution >= 0.6 is 0 Å². The SMILES string of the molecule is C=Cc1ccc(C(=O)NC(CCCC[NH3+])C(=O)O)cc1. The predicted molar refractivity (Wildman–Crippen MR) is 77.0 cm³/mol. The van der Waals surface area contributed by atoms with Crippen molar-refractivity contribution in [2.75, 3.05) is 6.54 Å². The Labute approximate surface area is 118 Å². The fourth-order valence-electron chi connectivity index (χ4n) is 1.79. The van der Waals surface area contributed by atoms with E-state index >= 15 is 0 Å². The maximum absolute atomic E-state index is 12.0. The van der Waals surface area contributed by atoms with Gasteiger partial charge in [-0.05, 0) is 37.0 Å². The van der Waals surface area contributed by atoms with E-state index < -0.39 is 12.0 Å². The molecule has 1 aromatic carbocycles. The molecule has 0 spiro atoms. The van der Waals surface area contributed by atoms with Gasteiger partial charge in [-0.2, -0.15) is 0 Å². The minimum absolute atomic E-state index is 0.373. The molecule has 0 heterocycles. The number of hydrogen-bond donors (Lipinski definition) is 3. The second-order valence-electron chi connectivity index (χ2n) is 4.54. The number of hydrogen-bond acceptors (Lipinski definition) is 2. The molecule has 0 saturated carbocycles. The van der Waals surface area contributed by atoms with Crippen LogP contribution in [-0.2, 0) is 4.79 Å². The number of aliphatic carboxylic acids is 1. The van der Waals surface area contributed by atoms with Crippen LogP contribution in [0.15, 0.2) is 30.8 Å². The third-order valence-corrected chi connectivity index (χ3v) is 3.00. The lowest BCUT2D eigenvalue weighted by atomic mass is 10.1. The molecule has 0 aliphatic heterocycles. The average Bonchev–Trinajstić information content (AvgIpc) is 2.46. The van der Waals surface area contributed by atoms with Crippen LogP contribution in [0.5, 0.6) is 0 Å². The molecule has 1 aromatic rings. The van der Waals surface area contributed by atoms with Gasteiger partial charge in [0.15, 0.2) is 0 Å². The van der Waals surface area contributed by atoms with Crippen LogP contribution in [0.4, 0.5) is 0 Å². The Morgan fingerprint density at radius 1 is 1.30 bits per heavy atom. The van der Waals surface area contributed by atoms with E-state index in [-0.39, 0.29) is 5.91 Å². The van der Waals surface area contributed by atoms with E-state index in [2.05, 4.69) is 17.6 Å². The number of carbonyl (C=O) groups is 2. The number of nitrogens with one attached hydrogen (secondary N) is 1. The molecule has 0 fully saturated rings. The lowest BCUT2D eigenvalue weighted by molar-refractivity contribution is -0.368. The van der Waals surface area contributed by atoms with Crippen LogP contribution in [0.3, 0.4) is 0 Å². The zero-order valence-electron chi connectivity index (χ0n) is 11.5.